The van der Waals surface area contributed by atoms with Gasteiger partial charge in [-0.3, -0.25) is 4.79 Å². The zero-order chi connectivity index (χ0) is 17.4. The first-order chi connectivity index (χ1) is 12.2. The van der Waals surface area contributed by atoms with Crippen molar-refractivity contribution in [3.63, 3.8) is 0 Å². The number of fused-ring (bicyclic) bond motifs is 3. The van der Waals surface area contributed by atoms with Gasteiger partial charge >= 0.3 is 5.97 Å². The molecule has 1 amide bonds. The molecule has 1 aliphatic heterocycles. The third-order valence-corrected chi connectivity index (χ3v) is 5.79. The van der Waals surface area contributed by atoms with Crippen molar-refractivity contribution in [3.8, 4) is 11.3 Å². The van der Waals surface area contributed by atoms with Crippen LogP contribution in [0.25, 0.3) is 11.3 Å². The minimum Gasteiger partial charge on any atom is -0.465 e. The van der Waals surface area contributed by atoms with Gasteiger partial charge in [0.15, 0.2) is 11.5 Å². The average Bonchev–Trinajstić information content (AvgIpc) is 3.27. The van der Waals surface area contributed by atoms with Crippen molar-refractivity contribution in [2.75, 3.05) is 12.4 Å². The summed E-state index contributed by atoms with van der Waals surface area (Å²) in [6, 6.07) is 9.50. The predicted octanol–water partition coefficient (Wildman–Crippen LogP) is 4.05. The van der Waals surface area contributed by atoms with Crippen LogP contribution in [-0.4, -0.2) is 24.1 Å². The molecule has 1 aliphatic rings. The quantitative estimate of drug-likeness (QED) is 0.699. The molecule has 0 bridgehead atoms. The molecule has 0 radical (unpaired) electrons. The molecule has 2 aromatic heterocycles. The summed E-state index contributed by atoms with van der Waals surface area (Å²) in [5, 5.41) is 8.39. The Balaban J connectivity index is 1.65. The van der Waals surface area contributed by atoms with Gasteiger partial charge in [-0.15, -0.1) is 23.1 Å². The molecule has 8 heteroatoms. The van der Waals surface area contributed by atoms with E-state index in [2.05, 4.69) is 10.5 Å². The molecule has 25 heavy (non-hydrogen) atoms. The van der Waals surface area contributed by atoms with Gasteiger partial charge in [-0.2, -0.15) is 0 Å². The first-order valence-corrected chi connectivity index (χ1v) is 9.23. The molecule has 0 atom stereocenters. The second-order valence-electron chi connectivity index (χ2n) is 5.23. The summed E-state index contributed by atoms with van der Waals surface area (Å²) < 4.78 is 10.2. The topological polar surface area (TPSA) is 81.4 Å². The maximum absolute atomic E-state index is 12.6. The van der Waals surface area contributed by atoms with E-state index in [4.69, 9.17) is 9.26 Å². The van der Waals surface area contributed by atoms with E-state index in [0.29, 0.717) is 22.1 Å². The highest BCUT2D eigenvalue weighted by Crippen LogP contribution is 2.42. The number of amides is 1. The number of hydrogen-bond donors (Lipinski definition) is 1. The Kier molecular flexibility index (Phi) is 4.06. The van der Waals surface area contributed by atoms with Crippen molar-refractivity contribution in [2.24, 2.45) is 0 Å². The average molecular weight is 372 g/mol. The Morgan fingerprint density at radius 3 is 2.96 bits per heavy atom. The molecule has 6 nitrogen and oxygen atoms in total. The van der Waals surface area contributed by atoms with Gasteiger partial charge in [-0.1, -0.05) is 17.3 Å². The number of nitrogens with zero attached hydrogens (tertiary/aromatic N) is 1. The van der Waals surface area contributed by atoms with E-state index in [1.165, 1.54) is 18.4 Å². The Labute approximate surface area is 151 Å². The van der Waals surface area contributed by atoms with E-state index < -0.39 is 11.9 Å². The predicted molar refractivity (Wildman–Crippen MR) is 95.1 cm³/mol. The van der Waals surface area contributed by atoms with Crippen LogP contribution in [0.2, 0.25) is 0 Å². The van der Waals surface area contributed by atoms with Crippen molar-refractivity contribution in [1.29, 1.82) is 0 Å². The number of ether oxygens (including phenoxy) is 1. The van der Waals surface area contributed by atoms with Crippen LogP contribution >= 0.6 is 23.1 Å². The molecule has 0 saturated carbocycles. The second kappa shape index (κ2) is 6.38. The van der Waals surface area contributed by atoms with Gasteiger partial charge < -0.3 is 14.6 Å². The smallest absolute Gasteiger partial charge is 0.350 e. The van der Waals surface area contributed by atoms with E-state index in [-0.39, 0.29) is 5.69 Å². The van der Waals surface area contributed by atoms with Gasteiger partial charge in [0.1, 0.15) is 4.88 Å². The lowest BCUT2D eigenvalue weighted by Crippen LogP contribution is -2.16. The summed E-state index contributed by atoms with van der Waals surface area (Å²) in [4.78, 5) is 25.8. The van der Waals surface area contributed by atoms with Crippen LogP contribution in [0, 0.1) is 0 Å². The third-order valence-electron chi connectivity index (χ3n) is 3.79. The molecular weight excluding hydrogens is 360 g/mol. The Morgan fingerprint density at radius 1 is 1.28 bits per heavy atom. The SMILES string of the molecule is COC(=O)c1sccc1NC(=O)c1noc2c1CSc1ccccc1-2. The van der Waals surface area contributed by atoms with Crippen LogP contribution in [0.15, 0.2) is 45.1 Å². The molecule has 1 N–H and O–H groups in total. The van der Waals surface area contributed by atoms with Gasteiger partial charge in [0.2, 0.25) is 0 Å². The molecule has 0 saturated heterocycles. The fraction of sp³-hybridized carbons (Fsp3) is 0.118. The minimum absolute atomic E-state index is 0.235. The lowest BCUT2D eigenvalue weighted by Gasteiger charge is -2.13. The molecule has 0 fully saturated rings. The van der Waals surface area contributed by atoms with Crippen molar-refractivity contribution in [2.45, 2.75) is 10.6 Å². The van der Waals surface area contributed by atoms with E-state index in [1.54, 1.807) is 23.2 Å². The van der Waals surface area contributed by atoms with Crippen LogP contribution in [0.4, 0.5) is 5.69 Å². The number of rotatable bonds is 3. The maximum atomic E-state index is 12.6. The maximum Gasteiger partial charge on any atom is 0.350 e. The molecule has 126 valence electrons. The Hall–Kier alpha value is -2.58. The Morgan fingerprint density at radius 2 is 2.12 bits per heavy atom. The fourth-order valence-corrected chi connectivity index (χ4v) is 4.43. The zero-order valence-corrected chi connectivity index (χ0v) is 14.7. The van der Waals surface area contributed by atoms with E-state index in [0.717, 1.165) is 16.0 Å². The van der Waals surface area contributed by atoms with E-state index in [9.17, 15) is 9.59 Å². The molecule has 3 aromatic rings. The van der Waals surface area contributed by atoms with Gasteiger partial charge in [0, 0.05) is 21.8 Å². The summed E-state index contributed by atoms with van der Waals surface area (Å²) in [5.41, 5.74) is 2.34. The molecule has 0 aliphatic carbocycles. The summed E-state index contributed by atoms with van der Waals surface area (Å²) >= 11 is 2.84. The van der Waals surface area contributed by atoms with Gasteiger partial charge in [0.25, 0.3) is 5.91 Å². The highest BCUT2D eigenvalue weighted by molar-refractivity contribution is 7.98. The molecular formula is C17H12N2O4S2. The number of carbonyl (C=O) groups excluding carboxylic acids is 2. The van der Waals surface area contributed by atoms with Crippen LogP contribution < -0.4 is 5.32 Å². The van der Waals surface area contributed by atoms with Crippen molar-refractivity contribution in [3.05, 3.63) is 51.8 Å². The molecule has 4 rings (SSSR count). The number of anilines is 1. The summed E-state index contributed by atoms with van der Waals surface area (Å²) in [5.74, 6) is 0.329. The molecule has 0 spiro atoms. The third kappa shape index (κ3) is 2.73. The summed E-state index contributed by atoms with van der Waals surface area (Å²) in [7, 11) is 1.30. The Bertz CT molecular complexity index is 977. The normalized spacial score (nSPS) is 12.2. The number of thiophene rings is 1. The van der Waals surface area contributed by atoms with Gasteiger partial charge in [-0.05, 0) is 23.6 Å². The fourth-order valence-electron chi connectivity index (χ4n) is 2.60. The van der Waals surface area contributed by atoms with Crippen molar-refractivity contribution in [1.82, 2.24) is 5.16 Å². The van der Waals surface area contributed by atoms with E-state index in [1.807, 2.05) is 24.3 Å². The molecule has 1 aromatic carbocycles. The zero-order valence-electron chi connectivity index (χ0n) is 13.1. The lowest BCUT2D eigenvalue weighted by atomic mass is 10.1. The first-order valence-electron chi connectivity index (χ1n) is 7.37. The minimum atomic E-state index is -0.489. The van der Waals surface area contributed by atoms with Crippen LogP contribution in [0.5, 0.6) is 0 Å². The monoisotopic (exact) mass is 372 g/mol. The molecule has 3 heterocycles. The number of methoxy groups -OCH3 is 1. The second-order valence-corrected chi connectivity index (χ2v) is 7.17. The van der Waals surface area contributed by atoms with Crippen LogP contribution in [0.3, 0.4) is 0 Å². The van der Waals surface area contributed by atoms with Crippen LogP contribution in [0.1, 0.15) is 25.7 Å². The van der Waals surface area contributed by atoms with Crippen LogP contribution in [-0.2, 0) is 10.5 Å². The van der Waals surface area contributed by atoms with Gasteiger partial charge in [0.05, 0.1) is 12.8 Å². The lowest BCUT2D eigenvalue weighted by molar-refractivity contribution is 0.0607. The number of benzene rings is 1. The standard InChI is InChI=1S/C17H12N2O4S2/c1-22-17(21)15-11(6-7-24-15)18-16(20)13-10-8-25-12-5-3-2-4-9(12)14(10)23-19-13/h2-7H,8H2,1H3,(H,18,20). The number of nitrogens with one attached hydrogen (secondary N) is 1. The molecule has 0 unspecified atom stereocenters. The number of aromatic nitrogens is 1. The van der Waals surface area contributed by atoms with Crippen molar-refractivity contribution < 1.29 is 18.8 Å². The summed E-state index contributed by atoms with van der Waals surface area (Å²) in [6.45, 7) is 0. The first kappa shape index (κ1) is 15.9. The number of hydrogen-bond acceptors (Lipinski definition) is 7. The summed E-state index contributed by atoms with van der Waals surface area (Å²) in [6.07, 6.45) is 0. The highest BCUT2D eigenvalue weighted by atomic mass is 32.2. The van der Waals surface area contributed by atoms with E-state index >= 15 is 0 Å². The number of esters is 1. The van der Waals surface area contributed by atoms with Gasteiger partial charge in [-0.25, -0.2) is 4.79 Å². The number of carbonyl (C=O) groups is 2. The largest absolute Gasteiger partial charge is 0.465 e. The van der Waals surface area contributed by atoms with Crippen molar-refractivity contribution >= 4 is 40.7 Å². The number of thioether (sulfide) groups is 1. The highest BCUT2D eigenvalue weighted by Gasteiger charge is 2.28.